The quantitative estimate of drug-likeness (QED) is 0.359. The van der Waals surface area contributed by atoms with Gasteiger partial charge in [0.05, 0.1) is 6.21 Å². The summed E-state index contributed by atoms with van der Waals surface area (Å²) >= 11 is 0. The van der Waals surface area contributed by atoms with Gasteiger partial charge in [-0.15, -0.1) is 0 Å². The van der Waals surface area contributed by atoms with E-state index in [-0.39, 0.29) is 11.8 Å². The molecular formula is C25H18FN3O2. The van der Waals surface area contributed by atoms with E-state index in [1.807, 2.05) is 42.5 Å². The van der Waals surface area contributed by atoms with Crippen molar-refractivity contribution in [2.45, 2.75) is 0 Å². The molecule has 0 aromatic heterocycles. The van der Waals surface area contributed by atoms with Crippen LogP contribution in [0.1, 0.15) is 26.3 Å². The molecule has 0 heterocycles. The lowest BCUT2D eigenvalue weighted by Crippen LogP contribution is -2.17. The monoisotopic (exact) mass is 411 g/mol. The standard InChI is InChI=1S/C25H18FN3O2/c26-22-11-7-19(8-12-22)24(30)28-23-13-9-20(10-14-23)25(31)29-27-16-17-5-6-18-3-1-2-4-21(18)15-17/h1-16H,(H,28,30)(H,29,31). The van der Waals surface area contributed by atoms with Crippen LogP contribution in [0, 0.1) is 5.82 Å². The lowest BCUT2D eigenvalue weighted by molar-refractivity contribution is 0.0954. The summed E-state index contributed by atoms with van der Waals surface area (Å²) in [4.78, 5) is 24.5. The number of carbonyl (C=O) groups excluding carboxylic acids is 2. The van der Waals surface area contributed by atoms with Crippen LogP contribution >= 0.6 is 0 Å². The minimum absolute atomic E-state index is 0.339. The lowest BCUT2D eigenvalue weighted by Gasteiger charge is -2.06. The number of anilines is 1. The molecule has 2 amide bonds. The number of hydrogen-bond donors (Lipinski definition) is 2. The van der Waals surface area contributed by atoms with E-state index >= 15 is 0 Å². The minimum Gasteiger partial charge on any atom is -0.322 e. The molecule has 0 atom stereocenters. The van der Waals surface area contributed by atoms with Crippen molar-refractivity contribution in [2.24, 2.45) is 5.10 Å². The van der Waals surface area contributed by atoms with Gasteiger partial charge >= 0.3 is 0 Å². The second-order valence-electron chi connectivity index (χ2n) is 6.84. The van der Waals surface area contributed by atoms with Gasteiger partial charge in [0.25, 0.3) is 11.8 Å². The van der Waals surface area contributed by atoms with Gasteiger partial charge in [-0.05, 0) is 70.9 Å². The zero-order chi connectivity index (χ0) is 21.6. The van der Waals surface area contributed by atoms with Crippen LogP contribution < -0.4 is 10.7 Å². The molecule has 0 aliphatic carbocycles. The molecular weight excluding hydrogens is 393 g/mol. The molecule has 4 rings (SSSR count). The number of nitrogens with zero attached hydrogens (tertiary/aromatic N) is 1. The summed E-state index contributed by atoms with van der Waals surface area (Å²) in [6, 6.07) is 25.6. The molecule has 0 aliphatic heterocycles. The Balaban J connectivity index is 1.35. The number of benzene rings is 4. The lowest BCUT2D eigenvalue weighted by atomic mass is 10.1. The first-order chi connectivity index (χ1) is 15.1. The maximum atomic E-state index is 13.0. The highest BCUT2D eigenvalue weighted by Crippen LogP contribution is 2.15. The molecule has 2 N–H and O–H groups in total. The highest BCUT2D eigenvalue weighted by atomic mass is 19.1. The van der Waals surface area contributed by atoms with Gasteiger partial charge in [-0.2, -0.15) is 5.10 Å². The Labute approximate surface area is 178 Å². The number of nitrogens with one attached hydrogen (secondary N) is 2. The van der Waals surface area contributed by atoms with Gasteiger partial charge in [-0.1, -0.05) is 36.4 Å². The summed E-state index contributed by atoms with van der Waals surface area (Å²) in [6.45, 7) is 0. The first-order valence-electron chi connectivity index (χ1n) is 9.58. The molecule has 0 saturated carbocycles. The van der Waals surface area contributed by atoms with Gasteiger partial charge in [0.15, 0.2) is 0 Å². The third kappa shape index (κ3) is 5.00. The van der Waals surface area contributed by atoms with E-state index in [2.05, 4.69) is 15.8 Å². The van der Waals surface area contributed by atoms with Crippen molar-refractivity contribution >= 4 is 34.5 Å². The van der Waals surface area contributed by atoms with Crippen molar-refractivity contribution in [3.05, 3.63) is 114 Å². The van der Waals surface area contributed by atoms with Crippen LogP contribution in [0.15, 0.2) is 96.1 Å². The molecule has 0 fully saturated rings. The maximum Gasteiger partial charge on any atom is 0.271 e. The van der Waals surface area contributed by atoms with Crippen LogP contribution in [0.25, 0.3) is 10.8 Å². The van der Waals surface area contributed by atoms with Gasteiger partial charge in [0, 0.05) is 16.8 Å². The van der Waals surface area contributed by atoms with Crippen molar-refractivity contribution in [3.63, 3.8) is 0 Å². The van der Waals surface area contributed by atoms with Gasteiger partial charge in [-0.3, -0.25) is 9.59 Å². The normalized spacial score (nSPS) is 10.9. The molecule has 0 bridgehead atoms. The Kier molecular flexibility index (Phi) is 5.80. The summed E-state index contributed by atoms with van der Waals surface area (Å²) in [5.74, 6) is -1.14. The summed E-state index contributed by atoms with van der Waals surface area (Å²) in [7, 11) is 0. The second-order valence-corrected chi connectivity index (χ2v) is 6.84. The molecule has 0 spiro atoms. The van der Waals surface area contributed by atoms with Gasteiger partial charge in [0.1, 0.15) is 5.82 Å². The molecule has 0 aliphatic rings. The van der Waals surface area contributed by atoms with Crippen molar-refractivity contribution in [1.82, 2.24) is 5.43 Å². The predicted molar refractivity (Wildman–Crippen MR) is 120 cm³/mol. The molecule has 0 saturated heterocycles. The highest BCUT2D eigenvalue weighted by Gasteiger charge is 2.08. The van der Waals surface area contributed by atoms with Crippen LogP contribution in [-0.2, 0) is 0 Å². The first kappa shape index (κ1) is 20.0. The van der Waals surface area contributed by atoms with E-state index in [9.17, 15) is 14.0 Å². The summed E-state index contributed by atoms with van der Waals surface area (Å²) < 4.78 is 13.0. The van der Waals surface area contributed by atoms with Gasteiger partial charge in [0.2, 0.25) is 0 Å². The zero-order valence-electron chi connectivity index (χ0n) is 16.4. The van der Waals surface area contributed by atoms with Crippen LogP contribution in [0.4, 0.5) is 10.1 Å². The van der Waals surface area contributed by atoms with E-state index in [0.717, 1.165) is 16.3 Å². The number of halogens is 1. The number of fused-ring (bicyclic) bond motifs is 1. The highest BCUT2D eigenvalue weighted by molar-refractivity contribution is 6.04. The van der Waals surface area contributed by atoms with Crippen molar-refractivity contribution < 1.29 is 14.0 Å². The number of hydrazone groups is 1. The van der Waals surface area contributed by atoms with E-state index < -0.39 is 5.82 Å². The predicted octanol–water partition coefficient (Wildman–Crippen LogP) is 5.00. The van der Waals surface area contributed by atoms with Crippen LogP contribution in [0.2, 0.25) is 0 Å². The minimum atomic E-state index is -0.407. The van der Waals surface area contributed by atoms with E-state index in [1.165, 1.54) is 24.3 Å². The Bertz CT molecular complexity index is 1270. The molecule has 5 nitrogen and oxygen atoms in total. The Morgan fingerprint density at radius 1 is 0.742 bits per heavy atom. The van der Waals surface area contributed by atoms with Gasteiger partial charge in [-0.25, -0.2) is 9.82 Å². The molecule has 4 aromatic rings. The topological polar surface area (TPSA) is 70.6 Å². The zero-order valence-corrected chi connectivity index (χ0v) is 16.4. The molecule has 0 radical (unpaired) electrons. The fraction of sp³-hybridized carbons (Fsp3) is 0. The SMILES string of the molecule is O=C(NN=Cc1ccc2ccccc2c1)c1ccc(NC(=O)c2ccc(F)cc2)cc1. The molecule has 0 unspecified atom stereocenters. The molecule has 6 heteroatoms. The smallest absolute Gasteiger partial charge is 0.271 e. The fourth-order valence-corrected chi connectivity index (χ4v) is 3.03. The van der Waals surface area contributed by atoms with Crippen molar-refractivity contribution in [3.8, 4) is 0 Å². The number of carbonyl (C=O) groups is 2. The van der Waals surface area contributed by atoms with Crippen LogP contribution in [-0.4, -0.2) is 18.0 Å². The third-order valence-corrected chi connectivity index (χ3v) is 4.66. The Morgan fingerprint density at radius 3 is 2.13 bits per heavy atom. The summed E-state index contributed by atoms with van der Waals surface area (Å²) in [6.07, 6.45) is 1.58. The molecule has 31 heavy (non-hydrogen) atoms. The molecule has 152 valence electrons. The van der Waals surface area contributed by atoms with Crippen LogP contribution in [0.3, 0.4) is 0 Å². The third-order valence-electron chi connectivity index (χ3n) is 4.66. The average molecular weight is 411 g/mol. The second kappa shape index (κ2) is 9.00. The number of amides is 2. The molecule has 4 aromatic carbocycles. The number of rotatable bonds is 5. The largest absolute Gasteiger partial charge is 0.322 e. The van der Waals surface area contributed by atoms with Crippen molar-refractivity contribution in [1.29, 1.82) is 0 Å². The number of hydrogen-bond acceptors (Lipinski definition) is 3. The Morgan fingerprint density at radius 2 is 1.39 bits per heavy atom. The van der Waals surface area contributed by atoms with E-state index in [0.29, 0.717) is 16.8 Å². The maximum absolute atomic E-state index is 13.0. The van der Waals surface area contributed by atoms with Gasteiger partial charge < -0.3 is 5.32 Å². The fourth-order valence-electron chi connectivity index (χ4n) is 3.03. The Hall–Kier alpha value is -4.32. The summed E-state index contributed by atoms with van der Waals surface area (Å²) in [5.41, 5.74) is 4.62. The van der Waals surface area contributed by atoms with E-state index in [4.69, 9.17) is 0 Å². The van der Waals surface area contributed by atoms with Crippen LogP contribution in [0.5, 0.6) is 0 Å². The van der Waals surface area contributed by atoms with Crippen molar-refractivity contribution in [2.75, 3.05) is 5.32 Å². The van der Waals surface area contributed by atoms with E-state index in [1.54, 1.807) is 30.5 Å². The average Bonchev–Trinajstić information content (AvgIpc) is 2.80. The first-order valence-corrected chi connectivity index (χ1v) is 9.58. The summed E-state index contributed by atoms with van der Waals surface area (Å²) in [5, 5.41) is 8.95.